The second-order valence-corrected chi connectivity index (χ2v) is 7.24. The summed E-state index contributed by atoms with van der Waals surface area (Å²) >= 11 is 1.84. The van der Waals surface area contributed by atoms with Crippen molar-refractivity contribution in [2.75, 3.05) is 18.8 Å². The van der Waals surface area contributed by atoms with Gasteiger partial charge >= 0.3 is 0 Å². The Kier molecular flexibility index (Phi) is 10.8. The smallest absolute Gasteiger partial charge is 0.191 e. The van der Waals surface area contributed by atoms with Crippen molar-refractivity contribution in [3.05, 3.63) is 29.8 Å². The third kappa shape index (κ3) is 8.07. The summed E-state index contributed by atoms with van der Waals surface area (Å²) in [5.74, 6) is 1.88. The molecule has 0 atom stereocenters. The maximum absolute atomic E-state index is 9.59. The number of nitrogens with one attached hydrogen (secondary N) is 2. The van der Waals surface area contributed by atoms with Gasteiger partial charge in [-0.05, 0) is 51.7 Å². The van der Waals surface area contributed by atoms with Crippen molar-refractivity contribution in [3.63, 3.8) is 0 Å². The predicted molar refractivity (Wildman–Crippen MR) is 115 cm³/mol. The van der Waals surface area contributed by atoms with E-state index in [2.05, 4.69) is 53.7 Å². The number of halogens is 1. The molecule has 4 nitrogen and oxygen atoms in total. The van der Waals surface area contributed by atoms with E-state index in [4.69, 9.17) is 0 Å². The summed E-state index contributed by atoms with van der Waals surface area (Å²) in [4.78, 5) is 5.97. The molecule has 0 bridgehead atoms. The van der Waals surface area contributed by atoms with Gasteiger partial charge in [-0.2, -0.15) is 0 Å². The van der Waals surface area contributed by atoms with Gasteiger partial charge in [-0.15, -0.1) is 35.7 Å². The minimum atomic E-state index is -0.113. The maximum Gasteiger partial charge on any atom is 0.191 e. The number of nitrogens with zero attached hydrogens (tertiary/aromatic N) is 1. The first-order valence-electron chi connectivity index (χ1n) is 8.59. The van der Waals surface area contributed by atoms with Crippen molar-refractivity contribution >= 4 is 41.7 Å². The Morgan fingerprint density at radius 3 is 2.50 bits per heavy atom. The predicted octanol–water partition coefficient (Wildman–Crippen LogP) is 3.56. The number of thioether (sulfide) groups is 1. The molecule has 0 heterocycles. The lowest BCUT2D eigenvalue weighted by atomic mass is 9.93. The highest BCUT2D eigenvalue weighted by Crippen LogP contribution is 2.19. The molecule has 0 aliphatic heterocycles. The van der Waals surface area contributed by atoms with Gasteiger partial charge in [0.15, 0.2) is 5.96 Å². The third-order valence-corrected chi connectivity index (χ3v) is 5.02. The summed E-state index contributed by atoms with van der Waals surface area (Å²) in [5.41, 5.74) is 1.30. The number of aliphatic imine (C=N–C) groups is 1. The fraction of sp³-hybridized carbons (Fsp3) is 0.611. The van der Waals surface area contributed by atoms with E-state index in [1.54, 1.807) is 0 Å². The van der Waals surface area contributed by atoms with Crippen molar-refractivity contribution in [1.29, 1.82) is 0 Å². The quantitative estimate of drug-likeness (QED) is 0.199. The van der Waals surface area contributed by atoms with Crippen LogP contribution in [0.25, 0.3) is 0 Å². The van der Waals surface area contributed by atoms with Gasteiger partial charge in [0, 0.05) is 23.2 Å². The van der Waals surface area contributed by atoms with Crippen LogP contribution < -0.4 is 10.6 Å². The van der Waals surface area contributed by atoms with Gasteiger partial charge < -0.3 is 15.7 Å². The average molecular weight is 463 g/mol. The molecule has 6 heteroatoms. The number of guanidine groups is 1. The summed E-state index contributed by atoms with van der Waals surface area (Å²) in [5, 5.41) is 16.4. The zero-order valence-corrected chi connectivity index (χ0v) is 17.8. The van der Waals surface area contributed by atoms with Crippen molar-refractivity contribution in [1.82, 2.24) is 10.6 Å². The summed E-state index contributed by atoms with van der Waals surface area (Å²) in [6.45, 7) is 5.86. The molecule has 1 aliphatic carbocycles. The highest BCUT2D eigenvalue weighted by molar-refractivity contribution is 14.0. The molecular weight excluding hydrogens is 433 g/mol. The number of aryl methyl sites for hydroxylation is 1. The first kappa shape index (κ1) is 21.6. The molecule has 0 amide bonds. The Hall–Kier alpha value is -0.470. The molecule has 0 spiro atoms. The molecule has 1 aromatic carbocycles. The van der Waals surface area contributed by atoms with Gasteiger partial charge in [-0.3, -0.25) is 4.99 Å². The Morgan fingerprint density at radius 2 is 1.88 bits per heavy atom. The molecule has 1 aromatic rings. The summed E-state index contributed by atoms with van der Waals surface area (Å²) in [6, 6.07) is 9.06. The number of hydrogen-bond donors (Lipinski definition) is 3. The van der Waals surface area contributed by atoms with Crippen LogP contribution in [0.3, 0.4) is 0 Å². The van der Waals surface area contributed by atoms with Gasteiger partial charge in [0.1, 0.15) is 0 Å². The fourth-order valence-corrected chi connectivity index (χ4v) is 3.44. The molecule has 0 radical (unpaired) electrons. The van der Waals surface area contributed by atoms with E-state index in [1.807, 2.05) is 11.8 Å². The van der Waals surface area contributed by atoms with Crippen LogP contribution in [0.5, 0.6) is 0 Å². The van der Waals surface area contributed by atoms with E-state index in [0.29, 0.717) is 6.04 Å². The fourth-order valence-electron chi connectivity index (χ4n) is 2.69. The van der Waals surface area contributed by atoms with E-state index in [1.165, 1.54) is 10.5 Å². The van der Waals surface area contributed by atoms with E-state index in [-0.39, 0.29) is 30.1 Å². The highest BCUT2D eigenvalue weighted by Gasteiger charge is 2.19. The number of rotatable bonds is 6. The van der Waals surface area contributed by atoms with Gasteiger partial charge in [0.25, 0.3) is 0 Å². The molecule has 24 heavy (non-hydrogen) atoms. The second-order valence-electron chi connectivity index (χ2n) is 6.07. The zero-order chi connectivity index (χ0) is 16.5. The molecular formula is C18H30IN3OS. The summed E-state index contributed by atoms with van der Waals surface area (Å²) in [7, 11) is 0. The summed E-state index contributed by atoms with van der Waals surface area (Å²) < 4.78 is 0. The molecule has 3 N–H and O–H groups in total. The summed E-state index contributed by atoms with van der Waals surface area (Å²) in [6.07, 6.45) is 3.70. The van der Waals surface area contributed by atoms with Gasteiger partial charge in [-0.25, -0.2) is 0 Å². The van der Waals surface area contributed by atoms with Crippen molar-refractivity contribution < 1.29 is 5.11 Å². The monoisotopic (exact) mass is 463 g/mol. The van der Waals surface area contributed by atoms with E-state index >= 15 is 0 Å². The lowest BCUT2D eigenvalue weighted by Gasteiger charge is -2.27. The zero-order valence-electron chi connectivity index (χ0n) is 14.6. The molecule has 1 aliphatic rings. The lowest BCUT2D eigenvalue weighted by molar-refractivity contribution is 0.120. The molecule has 1 fully saturated rings. The standard InChI is InChI=1S/C18H29N3OS.HI/c1-3-19-18(21-15-6-8-16(22)9-7-15)20-12-13-23-17-10-4-14(2)5-11-17;/h4-5,10-11,15-16,22H,3,6-9,12-13H2,1-2H3,(H2,19,20,21);1H. The average Bonchev–Trinajstić information content (AvgIpc) is 2.55. The minimum absolute atomic E-state index is 0. The van der Waals surface area contributed by atoms with Crippen LogP contribution >= 0.6 is 35.7 Å². The third-order valence-electron chi connectivity index (χ3n) is 4.03. The van der Waals surface area contributed by atoms with Crippen LogP contribution in [0, 0.1) is 6.92 Å². The Morgan fingerprint density at radius 1 is 1.21 bits per heavy atom. The largest absolute Gasteiger partial charge is 0.393 e. The SMILES string of the molecule is CCNC(=NCCSc1ccc(C)cc1)NC1CCC(O)CC1.I. The molecule has 0 aromatic heterocycles. The van der Waals surface area contributed by atoms with Crippen LogP contribution in [0.4, 0.5) is 0 Å². The van der Waals surface area contributed by atoms with Crippen LogP contribution in [0.15, 0.2) is 34.2 Å². The topological polar surface area (TPSA) is 56.7 Å². The van der Waals surface area contributed by atoms with E-state index < -0.39 is 0 Å². The lowest BCUT2D eigenvalue weighted by Crippen LogP contribution is -2.45. The first-order valence-corrected chi connectivity index (χ1v) is 9.58. The number of aliphatic hydroxyl groups is 1. The minimum Gasteiger partial charge on any atom is -0.393 e. The number of hydrogen-bond acceptors (Lipinski definition) is 3. The molecule has 0 unspecified atom stereocenters. The van der Waals surface area contributed by atoms with Gasteiger partial charge in [0.2, 0.25) is 0 Å². The van der Waals surface area contributed by atoms with Crippen molar-refractivity contribution in [2.24, 2.45) is 4.99 Å². The first-order chi connectivity index (χ1) is 11.2. The normalized spacial score (nSPS) is 21.0. The maximum atomic E-state index is 9.59. The van der Waals surface area contributed by atoms with Crippen molar-refractivity contribution in [3.8, 4) is 0 Å². The van der Waals surface area contributed by atoms with Crippen molar-refractivity contribution in [2.45, 2.75) is 56.6 Å². The van der Waals surface area contributed by atoms with Gasteiger partial charge in [0.05, 0.1) is 12.6 Å². The Bertz CT molecular complexity index is 488. The highest BCUT2D eigenvalue weighted by atomic mass is 127. The molecule has 0 saturated heterocycles. The Labute approximate surface area is 167 Å². The van der Waals surface area contributed by atoms with E-state index in [0.717, 1.165) is 50.5 Å². The molecule has 1 saturated carbocycles. The van der Waals surface area contributed by atoms with Crippen LogP contribution in [0.1, 0.15) is 38.2 Å². The Balaban J connectivity index is 0.00000288. The second kappa shape index (κ2) is 12.0. The molecule has 2 rings (SSSR count). The van der Waals surface area contributed by atoms with Gasteiger partial charge in [-0.1, -0.05) is 17.7 Å². The number of aliphatic hydroxyl groups excluding tert-OH is 1. The van der Waals surface area contributed by atoms with Crippen LogP contribution in [0.2, 0.25) is 0 Å². The van der Waals surface area contributed by atoms with Crippen LogP contribution in [-0.4, -0.2) is 42.1 Å². The van der Waals surface area contributed by atoms with Crippen LogP contribution in [-0.2, 0) is 0 Å². The molecule has 136 valence electrons. The van der Waals surface area contributed by atoms with E-state index in [9.17, 15) is 5.11 Å². The number of benzene rings is 1.